The van der Waals surface area contributed by atoms with Crippen LogP contribution in [0.25, 0.3) is 10.9 Å². The zero-order valence-corrected chi connectivity index (χ0v) is 20.2. The number of carbonyl (C=O) groups excluding carboxylic acids is 3. The second-order valence-electron chi connectivity index (χ2n) is 7.65. The van der Waals surface area contributed by atoms with Gasteiger partial charge in [0.2, 0.25) is 17.7 Å². The Balaban J connectivity index is 2.23. The van der Waals surface area contributed by atoms with Gasteiger partial charge in [0.1, 0.15) is 18.1 Å². The van der Waals surface area contributed by atoms with E-state index in [1.54, 1.807) is 6.20 Å². The van der Waals surface area contributed by atoms with E-state index in [2.05, 4.69) is 46.2 Å². The fourth-order valence-corrected chi connectivity index (χ4v) is 3.72. The number of aromatic nitrogens is 1. The van der Waals surface area contributed by atoms with Gasteiger partial charge in [0, 0.05) is 35.0 Å². The average molecular weight is 526 g/mol. The van der Waals surface area contributed by atoms with Crippen molar-refractivity contribution in [2.45, 2.75) is 37.0 Å². The molecule has 4 atom stereocenters. The first-order valence-electron chi connectivity index (χ1n) is 10.4. The van der Waals surface area contributed by atoms with Crippen LogP contribution in [-0.2, 0) is 30.4 Å². The van der Waals surface area contributed by atoms with Crippen LogP contribution in [0.3, 0.4) is 0 Å². The molecule has 0 aliphatic carbocycles. The molecule has 8 N–H and O–H groups in total. The molecule has 35 heavy (non-hydrogen) atoms. The van der Waals surface area contributed by atoms with Crippen molar-refractivity contribution >= 4 is 65.8 Å². The molecular formula is C21H27N5O7S2. The third-order valence-electron chi connectivity index (χ3n) is 5.08. The van der Waals surface area contributed by atoms with E-state index in [-0.39, 0.29) is 17.9 Å². The zero-order valence-electron chi connectivity index (χ0n) is 18.4. The van der Waals surface area contributed by atoms with Gasteiger partial charge in [-0.25, -0.2) is 4.79 Å². The number of aromatic amines is 1. The molecule has 3 amide bonds. The quantitative estimate of drug-likeness (QED) is 0.147. The van der Waals surface area contributed by atoms with Gasteiger partial charge >= 0.3 is 11.9 Å². The van der Waals surface area contributed by atoms with Crippen molar-refractivity contribution < 1.29 is 34.2 Å². The summed E-state index contributed by atoms with van der Waals surface area (Å²) in [7, 11) is 0. The van der Waals surface area contributed by atoms with Crippen LogP contribution in [0.2, 0.25) is 0 Å². The molecule has 0 aliphatic rings. The number of amides is 3. The summed E-state index contributed by atoms with van der Waals surface area (Å²) in [6.07, 6.45) is 1.04. The Kier molecular flexibility index (Phi) is 10.4. The van der Waals surface area contributed by atoms with Crippen LogP contribution in [0, 0.1) is 0 Å². The molecule has 2 rings (SSSR count). The fraction of sp³-hybridized carbons (Fsp3) is 0.381. The highest BCUT2D eigenvalue weighted by molar-refractivity contribution is 7.80. The summed E-state index contributed by atoms with van der Waals surface area (Å²) in [5.41, 5.74) is 7.03. The predicted octanol–water partition coefficient (Wildman–Crippen LogP) is -1.09. The topological polar surface area (TPSA) is 204 Å². The molecule has 14 heteroatoms. The van der Waals surface area contributed by atoms with E-state index < -0.39 is 60.2 Å². The van der Waals surface area contributed by atoms with Crippen LogP contribution >= 0.6 is 25.3 Å². The predicted molar refractivity (Wildman–Crippen MR) is 133 cm³/mol. The number of carboxylic acid groups (broad SMARTS) is 2. The second kappa shape index (κ2) is 13.0. The molecule has 2 aromatic rings. The summed E-state index contributed by atoms with van der Waals surface area (Å²) >= 11 is 7.99. The van der Waals surface area contributed by atoms with Crippen LogP contribution in [0.15, 0.2) is 30.5 Å². The van der Waals surface area contributed by atoms with Crippen molar-refractivity contribution in [3.63, 3.8) is 0 Å². The number of carbonyl (C=O) groups is 5. The smallest absolute Gasteiger partial charge is 0.327 e. The van der Waals surface area contributed by atoms with E-state index in [0.29, 0.717) is 5.56 Å². The van der Waals surface area contributed by atoms with Crippen LogP contribution in [-0.4, -0.2) is 80.5 Å². The summed E-state index contributed by atoms with van der Waals surface area (Å²) in [5.74, 6) is -5.35. The minimum Gasteiger partial charge on any atom is -0.481 e. The highest BCUT2D eigenvalue weighted by Gasteiger charge is 2.30. The Labute approximate surface area is 211 Å². The second-order valence-corrected chi connectivity index (χ2v) is 8.39. The Bertz CT molecular complexity index is 1090. The molecule has 0 bridgehead atoms. The summed E-state index contributed by atoms with van der Waals surface area (Å²) in [5, 5.41) is 26.0. The first-order chi connectivity index (χ1) is 16.6. The molecule has 1 aromatic heterocycles. The maximum absolute atomic E-state index is 13.0. The van der Waals surface area contributed by atoms with E-state index in [1.165, 1.54) is 0 Å². The number of thiol groups is 2. The van der Waals surface area contributed by atoms with Crippen molar-refractivity contribution in [1.29, 1.82) is 0 Å². The fourth-order valence-electron chi connectivity index (χ4n) is 3.21. The standard InChI is InChI=1S/C21H27N5O7S2/c22-12(6-17(27)28)18(29)25-15(8-34)20(31)24-14(19(30)26-16(9-35)21(32)33)5-10-7-23-13-4-2-1-3-11(10)13/h1-4,7,12,14-16,23,34-35H,5-6,8-9,22H2,(H,24,31)(H,25,29)(H,26,30)(H,27,28)(H,32,33). The molecule has 0 saturated carbocycles. The van der Waals surface area contributed by atoms with Gasteiger partial charge in [-0.3, -0.25) is 19.2 Å². The summed E-state index contributed by atoms with van der Waals surface area (Å²) in [6.45, 7) is 0. The molecule has 1 heterocycles. The van der Waals surface area contributed by atoms with Gasteiger partial charge < -0.3 is 36.9 Å². The lowest BCUT2D eigenvalue weighted by Crippen LogP contribution is -2.58. The molecule has 4 unspecified atom stereocenters. The Morgan fingerprint density at radius 3 is 2.06 bits per heavy atom. The summed E-state index contributed by atoms with van der Waals surface area (Å²) in [6, 6.07) is 2.17. The van der Waals surface area contributed by atoms with Crippen molar-refractivity contribution in [2.75, 3.05) is 11.5 Å². The zero-order chi connectivity index (χ0) is 26.1. The molecular weight excluding hydrogens is 498 g/mol. The number of nitrogens with one attached hydrogen (secondary N) is 4. The number of para-hydroxylation sites is 1. The Morgan fingerprint density at radius 1 is 0.886 bits per heavy atom. The lowest BCUT2D eigenvalue weighted by Gasteiger charge is -2.24. The van der Waals surface area contributed by atoms with Crippen LogP contribution in [0.4, 0.5) is 0 Å². The number of nitrogens with two attached hydrogens (primary N) is 1. The van der Waals surface area contributed by atoms with Crippen molar-refractivity contribution in [3.8, 4) is 0 Å². The number of hydrogen-bond acceptors (Lipinski definition) is 8. The van der Waals surface area contributed by atoms with Crippen molar-refractivity contribution in [3.05, 3.63) is 36.0 Å². The molecule has 0 fully saturated rings. The first-order valence-corrected chi connectivity index (χ1v) is 11.7. The average Bonchev–Trinajstić information content (AvgIpc) is 3.22. The maximum Gasteiger partial charge on any atom is 0.327 e. The monoisotopic (exact) mass is 525 g/mol. The lowest BCUT2D eigenvalue weighted by atomic mass is 10.0. The van der Waals surface area contributed by atoms with Gasteiger partial charge in [0.05, 0.1) is 12.5 Å². The summed E-state index contributed by atoms with van der Waals surface area (Å²) < 4.78 is 0. The first kappa shape index (κ1) is 28.0. The highest BCUT2D eigenvalue weighted by atomic mass is 32.1. The van der Waals surface area contributed by atoms with Gasteiger partial charge in [-0.05, 0) is 11.6 Å². The third kappa shape index (κ3) is 7.90. The molecule has 0 spiro atoms. The molecule has 1 aromatic carbocycles. The van der Waals surface area contributed by atoms with Crippen molar-refractivity contribution in [2.24, 2.45) is 5.73 Å². The number of carboxylic acids is 2. The molecule has 0 radical (unpaired) electrons. The van der Waals surface area contributed by atoms with E-state index >= 15 is 0 Å². The number of hydrogen-bond donors (Lipinski definition) is 9. The van der Waals surface area contributed by atoms with E-state index in [9.17, 15) is 29.1 Å². The number of fused-ring (bicyclic) bond motifs is 1. The minimum absolute atomic E-state index is 0.00621. The van der Waals surface area contributed by atoms with Crippen LogP contribution in [0.1, 0.15) is 12.0 Å². The number of H-pyrrole nitrogens is 1. The maximum atomic E-state index is 13.0. The van der Waals surface area contributed by atoms with E-state index in [4.69, 9.17) is 10.8 Å². The SMILES string of the molecule is NC(CC(=O)O)C(=O)NC(CS)C(=O)NC(Cc1c[nH]c2ccccc12)C(=O)NC(CS)C(=O)O. The number of benzene rings is 1. The van der Waals surface area contributed by atoms with Gasteiger partial charge in [0.15, 0.2) is 0 Å². The molecule has 190 valence electrons. The summed E-state index contributed by atoms with van der Waals surface area (Å²) in [4.78, 5) is 63.2. The van der Waals surface area contributed by atoms with Crippen molar-refractivity contribution in [1.82, 2.24) is 20.9 Å². The largest absolute Gasteiger partial charge is 0.481 e. The normalized spacial score (nSPS) is 14.4. The van der Waals surface area contributed by atoms with Gasteiger partial charge in [-0.2, -0.15) is 25.3 Å². The third-order valence-corrected chi connectivity index (χ3v) is 5.81. The molecule has 0 aliphatic heterocycles. The Morgan fingerprint density at radius 2 is 1.46 bits per heavy atom. The molecule has 0 saturated heterocycles. The van der Waals surface area contributed by atoms with Crippen LogP contribution < -0.4 is 21.7 Å². The number of rotatable bonds is 13. The Hall–Kier alpha value is -3.23. The van der Waals surface area contributed by atoms with Crippen LogP contribution in [0.5, 0.6) is 0 Å². The minimum atomic E-state index is -1.39. The molecule has 12 nitrogen and oxygen atoms in total. The highest BCUT2D eigenvalue weighted by Crippen LogP contribution is 2.19. The van der Waals surface area contributed by atoms with E-state index in [0.717, 1.165) is 10.9 Å². The van der Waals surface area contributed by atoms with Gasteiger partial charge in [0.25, 0.3) is 0 Å². The van der Waals surface area contributed by atoms with Gasteiger partial charge in [-0.15, -0.1) is 0 Å². The van der Waals surface area contributed by atoms with Gasteiger partial charge in [-0.1, -0.05) is 18.2 Å². The van der Waals surface area contributed by atoms with E-state index in [1.807, 2.05) is 24.3 Å². The number of aliphatic carboxylic acids is 2. The lowest BCUT2D eigenvalue weighted by molar-refractivity contribution is -0.141.